The van der Waals surface area contributed by atoms with Crippen LogP contribution in [0.2, 0.25) is 0 Å². The Bertz CT molecular complexity index is 1440. The Morgan fingerprint density at radius 2 is 1.68 bits per heavy atom. The first-order valence-electron chi connectivity index (χ1n) is 13.0. The number of amides is 3. The van der Waals surface area contributed by atoms with Gasteiger partial charge in [-0.05, 0) is 29.7 Å². The first kappa shape index (κ1) is 25.8. The molecule has 3 amide bonds. The smallest absolute Gasteiger partial charge is 0.252 e. The average molecular weight is 547 g/mol. The molecule has 4 fully saturated rings. The third-order valence-corrected chi connectivity index (χ3v) is 8.34. The van der Waals surface area contributed by atoms with Crippen LogP contribution in [-0.2, 0) is 9.59 Å². The Hall–Kier alpha value is -4.49. The summed E-state index contributed by atoms with van der Waals surface area (Å²) < 4.78 is 0. The number of aryl methyl sites for hydroxylation is 1. The second kappa shape index (κ2) is 9.03. The number of likely N-dealkylation sites (tertiary alicyclic amines) is 1. The number of nitrogens with one attached hydrogen (secondary N) is 6. The summed E-state index contributed by atoms with van der Waals surface area (Å²) in [5, 5.41) is 51.7. The van der Waals surface area contributed by atoms with Crippen molar-refractivity contribution in [1.29, 1.82) is 10.8 Å². The molecule has 4 saturated heterocycles. The van der Waals surface area contributed by atoms with E-state index in [1.807, 2.05) is 43.3 Å². The highest BCUT2D eigenvalue weighted by Crippen LogP contribution is 2.43. The molecule has 4 atom stereocenters. The topological polar surface area (TPSA) is 194 Å². The third kappa shape index (κ3) is 3.65. The molecule has 6 rings (SSSR count). The zero-order valence-electron chi connectivity index (χ0n) is 21.7. The number of carbonyl (C=O) groups excluding carboxylic acids is 3. The summed E-state index contributed by atoms with van der Waals surface area (Å²) >= 11 is 0. The highest BCUT2D eigenvalue weighted by molar-refractivity contribution is 6.02. The van der Waals surface area contributed by atoms with Crippen molar-refractivity contribution in [2.24, 2.45) is 0 Å². The normalized spacial score (nSPS) is 28.5. The molecule has 2 unspecified atom stereocenters. The number of imide groups is 1. The maximum absolute atomic E-state index is 13.6. The number of benzene rings is 2. The predicted octanol–water partition coefficient (Wildman–Crippen LogP) is -0.995. The maximum Gasteiger partial charge on any atom is 0.252 e. The molecule has 2 aromatic carbocycles. The summed E-state index contributed by atoms with van der Waals surface area (Å²) in [6.45, 7) is 1.65. The zero-order chi connectivity index (χ0) is 28.4. The van der Waals surface area contributed by atoms with E-state index in [1.54, 1.807) is 12.1 Å². The Morgan fingerprint density at radius 3 is 2.38 bits per heavy atom. The fourth-order valence-corrected chi connectivity index (χ4v) is 6.38. The van der Waals surface area contributed by atoms with Crippen molar-refractivity contribution in [3.05, 3.63) is 59.7 Å². The lowest BCUT2D eigenvalue weighted by Crippen LogP contribution is -2.81. The van der Waals surface area contributed by atoms with E-state index in [9.17, 15) is 24.6 Å². The summed E-state index contributed by atoms with van der Waals surface area (Å²) in [7, 11) is 0. The van der Waals surface area contributed by atoms with Gasteiger partial charge in [0.25, 0.3) is 5.91 Å². The summed E-state index contributed by atoms with van der Waals surface area (Å²) in [5.41, 5.74) is 1.03. The van der Waals surface area contributed by atoms with Crippen LogP contribution < -0.4 is 21.3 Å². The van der Waals surface area contributed by atoms with Crippen molar-refractivity contribution in [1.82, 2.24) is 31.1 Å². The molecule has 0 radical (unpaired) electrons. The first-order chi connectivity index (χ1) is 19.0. The lowest BCUT2D eigenvalue weighted by molar-refractivity contribution is -0.232. The van der Waals surface area contributed by atoms with Crippen LogP contribution in [0.1, 0.15) is 28.8 Å². The Labute approximate surface area is 229 Å². The van der Waals surface area contributed by atoms with Crippen molar-refractivity contribution in [2.75, 3.05) is 13.1 Å². The molecule has 0 aliphatic carbocycles. The third-order valence-electron chi connectivity index (χ3n) is 8.34. The number of aliphatic hydroxyl groups is 2. The van der Waals surface area contributed by atoms with Crippen molar-refractivity contribution in [2.45, 2.75) is 49.3 Å². The molecule has 4 aliphatic rings. The van der Waals surface area contributed by atoms with Gasteiger partial charge in [-0.15, -0.1) is 0 Å². The molecule has 2 aromatic rings. The molecule has 4 heterocycles. The molecule has 13 nitrogen and oxygen atoms in total. The van der Waals surface area contributed by atoms with Crippen LogP contribution in [0.4, 0.5) is 0 Å². The van der Waals surface area contributed by atoms with Crippen molar-refractivity contribution in [3.63, 3.8) is 0 Å². The van der Waals surface area contributed by atoms with Gasteiger partial charge in [0.2, 0.25) is 17.6 Å². The van der Waals surface area contributed by atoms with Gasteiger partial charge in [0.05, 0.1) is 18.6 Å². The standard InChI is InChI=1S/C27H30N8O5/c1-14-6-2-3-7-15(14)16-8-4-5-9-17(16)23(38)31-19-13-35-25(29)30-18(12-34-20(36)10-11-21(34)37)22-26(35,27(19,39)40)33-24(28)32-22/h2-9,18-19,22,39-40H,10-13H2,1H3,(H2,29,30)(H,31,38)(H3,28,32,33)/t18-,19?,22-,26?/m0/s1. The predicted molar refractivity (Wildman–Crippen MR) is 143 cm³/mol. The summed E-state index contributed by atoms with van der Waals surface area (Å²) in [6, 6.07) is 11.6. The number of rotatable bonds is 5. The summed E-state index contributed by atoms with van der Waals surface area (Å²) in [6.07, 6.45) is 0.183. The molecule has 0 bridgehead atoms. The van der Waals surface area contributed by atoms with Gasteiger partial charge in [-0.3, -0.25) is 30.1 Å². The average Bonchev–Trinajstić information content (AvgIpc) is 3.52. The quantitative estimate of drug-likeness (QED) is 0.172. The van der Waals surface area contributed by atoms with E-state index in [0.717, 1.165) is 16.0 Å². The number of hydrogen-bond donors (Lipinski definition) is 8. The molecule has 1 spiro atoms. The van der Waals surface area contributed by atoms with Crippen LogP contribution in [-0.4, -0.2) is 92.3 Å². The SMILES string of the molecule is Cc1ccccc1-c1ccccc1C(=O)NC1CN2C(=N)N[C@@H](CN3C(=O)CCC3=O)[C@@H]3NC(=N)NC32C1(O)O. The van der Waals surface area contributed by atoms with Gasteiger partial charge in [-0.2, -0.15) is 0 Å². The van der Waals surface area contributed by atoms with Gasteiger partial charge in [0.15, 0.2) is 17.6 Å². The van der Waals surface area contributed by atoms with E-state index in [0.29, 0.717) is 11.1 Å². The van der Waals surface area contributed by atoms with Crippen LogP contribution in [0.25, 0.3) is 11.1 Å². The second-order valence-electron chi connectivity index (χ2n) is 10.6. The molecule has 4 aliphatic heterocycles. The number of carbonyl (C=O) groups is 3. The molecule has 13 heteroatoms. The van der Waals surface area contributed by atoms with Crippen molar-refractivity contribution < 1.29 is 24.6 Å². The molecular weight excluding hydrogens is 516 g/mol. The van der Waals surface area contributed by atoms with Crippen molar-refractivity contribution >= 4 is 29.6 Å². The Balaban J connectivity index is 1.32. The molecule has 8 N–H and O–H groups in total. The molecular formula is C27H30N8O5. The first-order valence-corrected chi connectivity index (χ1v) is 13.0. The van der Waals surface area contributed by atoms with Crippen LogP contribution in [0.5, 0.6) is 0 Å². The van der Waals surface area contributed by atoms with Gasteiger partial charge in [-0.25, -0.2) is 0 Å². The molecule has 40 heavy (non-hydrogen) atoms. The van der Waals surface area contributed by atoms with Gasteiger partial charge in [-0.1, -0.05) is 42.5 Å². The minimum Gasteiger partial charge on any atom is -0.361 e. The Morgan fingerprint density at radius 1 is 1.02 bits per heavy atom. The number of guanidine groups is 2. The minimum absolute atomic E-state index is 0.0917. The molecule has 0 aromatic heterocycles. The molecule has 0 saturated carbocycles. The van der Waals surface area contributed by atoms with Crippen LogP contribution in [0.3, 0.4) is 0 Å². The van der Waals surface area contributed by atoms with E-state index in [-0.39, 0.29) is 49.7 Å². The second-order valence-corrected chi connectivity index (χ2v) is 10.6. The van der Waals surface area contributed by atoms with Crippen LogP contribution >= 0.6 is 0 Å². The largest absolute Gasteiger partial charge is 0.361 e. The fraction of sp³-hybridized carbons (Fsp3) is 0.370. The van der Waals surface area contributed by atoms with E-state index < -0.39 is 35.5 Å². The monoisotopic (exact) mass is 546 g/mol. The van der Waals surface area contributed by atoms with E-state index in [4.69, 9.17) is 10.8 Å². The lowest BCUT2D eigenvalue weighted by Gasteiger charge is -2.51. The fourth-order valence-electron chi connectivity index (χ4n) is 6.38. The Kier molecular flexibility index (Phi) is 5.82. The van der Waals surface area contributed by atoms with Gasteiger partial charge < -0.3 is 36.4 Å². The summed E-state index contributed by atoms with van der Waals surface area (Å²) in [5.74, 6) is -4.33. The van der Waals surface area contributed by atoms with Gasteiger partial charge in [0, 0.05) is 24.9 Å². The van der Waals surface area contributed by atoms with Gasteiger partial charge >= 0.3 is 0 Å². The summed E-state index contributed by atoms with van der Waals surface area (Å²) in [4.78, 5) is 40.7. The van der Waals surface area contributed by atoms with E-state index in [2.05, 4.69) is 21.3 Å². The number of nitrogens with zero attached hydrogens (tertiary/aromatic N) is 2. The van der Waals surface area contributed by atoms with Crippen LogP contribution in [0, 0.1) is 17.7 Å². The number of hydrogen-bond acceptors (Lipinski definition) is 7. The zero-order valence-corrected chi connectivity index (χ0v) is 21.7. The van der Waals surface area contributed by atoms with E-state index >= 15 is 0 Å². The highest BCUT2D eigenvalue weighted by atomic mass is 16.5. The maximum atomic E-state index is 13.6. The van der Waals surface area contributed by atoms with Crippen molar-refractivity contribution in [3.8, 4) is 11.1 Å². The van der Waals surface area contributed by atoms with Gasteiger partial charge in [0.1, 0.15) is 6.04 Å². The minimum atomic E-state index is -2.67. The molecule has 208 valence electrons. The van der Waals surface area contributed by atoms with Crippen LogP contribution in [0.15, 0.2) is 48.5 Å². The van der Waals surface area contributed by atoms with E-state index in [1.165, 1.54) is 4.90 Å². The highest BCUT2D eigenvalue weighted by Gasteiger charge is 2.74. The lowest BCUT2D eigenvalue weighted by atomic mass is 9.84.